The first-order valence-corrected chi connectivity index (χ1v) is 8.07. The number of fused-ring (bicyclic) bond motifs is 1. The lowest BCUT2D eigenvalue weighted by Gasteiger charge is -2.14. The second-order valence-corrected chi connectivity index (χ2v) is 6.51. The monoisotopic (exact) mass is 316 g/mol. The highest BCUT2D eigenvalue weighted by Crippen LogP contribution is 2.40. The fraction of sp³-hybridized carbons (Fsp3) is 0.562. The van der Waals surface area contributed by atoms with Crippen molar-refractivity contribution < 1.29 is 14.4 Å². The summed E-state index contributed by atoms with van der Waals surface area (Å²) in [4.78, 5) is 17.1. The number of hydrogen-bond acceptors (Lipinski definition) is 6. The van der Waals surface area contributed by atoms with Crippen LogP contribution < -0.4 is 10.6 Å². The number of nitrogens with one attached hydrogen (secondary N) is 2. The number of carbonyl (C=O) groups excluding carboxylic acids is 1. The van der Waals surface area contributed by atoms with Gasteiger partial charge in [0.2, 0.25) is 0 Å². The number of aliphatic hydroxyl groups excluding tert-OH is 1. The first-order chi connectivity index (χ1) is 11.1. The van der Waals surface area contributed by atoms with Crippen molar-refractivity contribution in [2.75, 3.05) is 19.6 Å². The van der Waals surface area contributed by atoms with Gasteiger partial charge in [-0.25, -0.2) is 4.98 Å². The largest absolute Gasteiger partial charge is 0.391 e. The van der Waals surface area contributed by atoms with Crippen molar-refractivity contribution in [3.63, 3.8) is 0 Å². The number of carbonyl (C=O) groups is 1. The highest BCUT2D eigenvalue weighted by molar-refractivity contribution is 6.06. The van der Waals surface area contributed by atoms with Crippen LogP contribution in [0.1, 0.15) is 40.5 Å². The van der Waals surface area contributed by atoms with Crippen LogP contribution in [0.15, 0.2) is 10.6 Å². The minimum absolute atomic E-state index is 0.0442. The minimum Gasteiger partial charge on any atom is -0.391 e. The normalized spacial score (nSPS) is 24.3. The predicted molar refractivity (Wildman–Crippen MR) is 83.2 cm³/mol. The minimum atomic E-state index is -0.410. The molecule has 2 aromatic rings. The van der Waals surface area contributed by atoms with Crippen LogP contribution in [0.5, 0.6) is 0 Å². The molecular weight excluding hydrogens is 296 g/mol. The van der Waals surface area contributed by atoms with E-state index in [1.54, 1.807) is 0 Å². The van der Waals surface area contributed by atoms with Gasteiger partial charge in [0.25, 0.3) is 11.6 Å². The van der Waals surface area contributed by atoms with Crippen LogP contribution in [-0.4, -0.2) is 46.9 Å². The summed E-state index contributed by atoms with van der Waals surface area (Å²) in [6.45, 7) is 3.55. The lowest BCUT2D eigenvalue weighted by atomic mass is 10.0. The Labute approximate surface area is 133 Å². The van der Waals surface area contributed by atoms with Crippen LogP contribution >= 0.6 is 0 Å². The van der Waals surface area contributed by atoms with E-state index in [1.165, 1.54) is 0 Å². The standard InChI is InChI=1S/C16H20N4O3/c1-8-14-11(15(22)18-6-10-5-17-7-13(10)21)4-12(9-2-3-9)19-16(14)23-20-8/h4,9-10,13,17,21H,2-3,5-7H2,1H3,(H,18,22). The zero-order chi connectivity index (χ0) is 16.0. The van der Waals surface area contributed by atoms with Crippen molar-refractivity contribution in [3.05, 3.63) is 23.0 Å². The molecule has 3 heterocycles. The number of amides is 1. The van der Waals surface area contributed by atoms with Crippen molar-refractivity contribution in [2.45, 2.75) is 31.8 Å². The van der Waals surface area contributed by atoms with E-state index in [0.29, 0.717) is 47.9 Å². The summed E-state index contributed by atoms with van der Waals surface area (Å²) >= 11 is 0. The quantitative estimate of drug-likeness (QED) is 0.768. The number of nitrogens with zero attached hydrogens (tertiary/aromatic N) is 2. The van der Waals surface area contributed by atoms with Gasteiger partial charge in [-0.05, 0) is 25.8 Å². The van der Waals surface area contributed by atoms with E-state index in [2.05, 4.69) is 20.8 Å². The van der Waals surface area contributed by atoms with Gasteiger partial charge in [-0.15, -0.1) is 0 Å². The number of aromatic nitrogens is 2. The van der Waals surface area contributed by atoms with E-state index >= 15 is 0 Å². The molecule has 2 atom stereocenters. The summed E-state index contributed by atoms with van der Waals surface area (Å²) in [6, 6.07) is 1.86. The maximum absolute atomic E-state index is 12.7. The molecule has 7 heteroatoms. The van der Waals surface area contributed by atoms with E-state index < -0.39 is 6.10 Å². The molecule has 0 bridgehead atoms. The van der Waals surface area contributed by atoms with Crippen LogP contribution in [-0.2, 0) is 0 Å². The van der Waals surface area contributed by atoms with Crippen LogP contribution in [0, 0.1) is 12.8 Å². The second-order valence-electron chi connectivity index (χ2n) is 6.51. The summed E-state index contributed by atoms with van der Waals surface area (Å²) < 4.78 is 5.26. The maximum Gasteiger partial charge on any atom is 0.259 e. The van der Waals surface area contributed by atoms with E-state index in [4.69, 9.17) is 4.52 Å². The Balaban J connectivity index is 1.61. The number of rotatable bonds is 4. The molecule has 2 aliphatic rings. The molecule has 7 nitrogen and oxygen atoms in total. The van der Waals surface area contributed by atoms with Crippen molar-refractivity contribution in [1.82, 2.24) is 20.8 Å². The first-order valence-electron chi connectivity index (χ1n) is 8.07. The average Bonchev–Trinajstić information content (AvgIpc) is 3.23. The van der Waals surface area contributed by atoms with Crippen LogP contribution in [0.4, 0.5) is 0 Å². The van der Waals surface area contributed by atoms with Gasteiger partial charge in [-0.1, -0.05) is 5.16 Å². The lowest BCUT2D eigenvalue weighted by Crippen LogP contribution is -2.34. The third-order valence-corrected chi connectivity index (χ3v) is 4.71. The summed E-state index contributed by atoms with van der Waals surface area (Å²) in [7, 11) is 0. The smallest absolute Gasteiger partial charge is 0.259 e. The molecule has 122 valence electrons. The number of aliphatic hydroxyl groups is 1. The molecule has 2 unspecified atom stereocenters. The van der Waals surface area contributed by atoms with Crippen LogP contribution in [0.2, 0.25) is 0 Å². The Morgan fingerprint density at radius 2 is 2.30 bits per heavy atom. The second kappa shape index (κ2) is 5.58. The van der Waals surface area contributed by atoms with E-state index in [-0.39, 0.29) is 11.8 Å². The number of aryl methyl sites for hydroxylation is 1. The summed E-state index contributed by atoms with van der Waals surface area (Å²) in [5.74, 6) is 0.310. The fourth-order valence-corrected chi connectivity index (χ4v) is 3.13. The van der Waals surface area contributed by atoms with Crippen molar-refractivity contribution in [1.29, 1.82) is 0 Å². The van der Waals surface area contributed by atoms with Crippen molar-refractivity contribution in [2.24, 2.45) is 5.92 Å². The van der Waals surface area contributed by atoms with Gasteiger partial charge in [0.05, 0.1) is 22.7 Å². The summed E-state index contributed by atoms with van der Waals surface area (Å²) in [5, 5.41) is 20.5. The molecule has 1 saturated heterocycles. The van der Waals surface area contributed by atoms with E-state index in [9.17, 15) is 9.90 Å². The Morgan fingerprint density at radius 3 is 3.00 bits per heavy atom. The van der Waals surface area contributed by atoms with Crippen LogP contribution in [0.3, 0.4) is 0 Å². The molecule has 0 spiro atoms. The van der Waals surface area contributed by atoms with Gasteiger partial charge >= 0.3 is 0 Å². The molecule has 1 aliphatic heterocycles. The molecular formula is C16H20N4O3. The van der Waals surface area contributed by atoms with Gasteiger partial charge < -0.3 is 20.3 Å². The van der Waals surface area contributed by atoms with Gasteiger partial charge in [0.1, 0.15) is 0 Å². The molecule has 23 heavy (non-hydrogen) atoms. The first kappa shape index (κ1) is 14.6. The average molecular weight is 316 g/mol. The molecule has 1 aliphatic carbocycles. The maximum atomic E-state index is 12.7. The molecule has 2 aromatic heterocycles. The SMILES string of the molecule is Cc1noc2nc(C3CC3)cc(C(=O)NCC3CNCC3O)c12. The van der Waals surface area contributed by atoms with Crippen molar-refractivity contribution in [3.8, 4) is 0 Å². The topological polar surface area (TPSA) is 100 Å². The van der Waals surface area contributed by atoms with Crippen LogP contribution in [0.25, 0.3) is 11.1 Å². The molecule has 2 fully saturated rings. The summed E-state index contributed by atoms with van der Waals surface area (Å²) in [5.41, 5.74) is 2.57. The Kier molecular flexibility index (Phi) is 3.54. The van der Waals surface area contributed by atoms with Gasteiger partial charge in [0.15, 0.2) is 0 Å². The molecule has 0 aromatic carbocycles. The number of β-amino-alcohol motifs (C(OH)–C–C–N with tert-alkyl or cyclic N) is 1. The third-order valence-electron chi connectivity index (χ3n) is 4.71. The van der Waals surface area contributed by atoms with Gasteiger partial charge in [-0.3, -0.25) is 4.79 Å². The van der Waals surface area contributed by atoms with Crippen molar-refractivity contribution >= 4 is 17.0 Å². The molecule has 4 rings (SSSR count). The molecule has 3 N–H and O–H groups in total. The Hall–Kier alpha value is -1.99. The Morgan fingerprint density at radius 1 is 1.48 bits per heavy atom. The predicted octanol–water partition coefficient (Wildman–Crippen LogP) is 0.719. The van der Waals surface area contributed by atoms with Gasteiger partial charge in [0, 0.05) is 37.2 Å². The zero-order valence-electron chi connectivity index (χ0n) is 13.0. The molecule has 1 saturated carbocycles. The fourth-order valence-electron chi connectivity index (χ4n) is 3.13. The van der Waals surface area contributed by atoms with E-state index in [0.717, 1.165) is 18.5 Å². The molecule has 1 amide bonds. The highest BCUT2D eigenvalue weighted by Gasteiger charge is 2.29. The van der Waals surface area contributed by atoms with E-state index in [1.807, 2.05) is 13.0 Å². The highest BCUT2D eigenvalue weighted by atomic mass is 16.5. The van der Waals surface area contributed by atoms with Gasteiger partial charge in [-0.2, -0.15) is 0 Å². The Bertz CT molecular complexity index is 753. The third kappa shape index (κ3) is 2.70. The molecule has 0 radical (unpaired) electrons. The lowest BCUT2D eigenvalue weighted by molar-refractivity contribution is 0.0928. The summed E-state index contributed by atoms with van der Waals surface area (Å²) in [6.07, 6.45) is 1.80. The number of pyridine rings is 1. The zero-order valence-corrected chi connectivity index (χ0v) is 13.0. The number of hydrogen-bond donors (Lipinski definition) is 3.